The van der Waals surface area contributed by atoms with Gasteiger partial charge in [-0.2, -0.15) is 4.68 Å². The lowest BCUT2D eigenvalue weighted by Gasteiger charge is -2.19. The van der Waals surface area contributed by atoms with Crippen molar-refractivity contribution in [2.45, 2.75) is 19.9 Å². The number of fused-ring (bicyclic) bond motifs is 1. The maximum absolute atomic E-state index is 12.4. The average molecular weight is 332 g/mol. The Morgan fingerprint density at radius 1 is 1.33 bits per heavy atom. The van der Waals surface area contributed by atoms with Crippen molar-refractivity contribution in [2.24, 2.45) is 0 Å². The Kier molecular flexibility index (Phi) is 4.07. The summed E-state index contributed by atoms with van der Waals surface area (Å²) in [6, 6.07) is 5.73. The van der Waals surface area contributed by atoms with E-state index in [1.807, 2.05) is 0 Å². The zero-order valence-electron chi connectivity index (χ0n) is 13.2. The minimum absolute atomic E-state index is 0.286. The van der Waals surface area contributed by atoms with Crippen LogP contribution in [-0.4, -0.2) is 33.8 Å². The minimum atomic E-state index is -0.702. The molecule has 1 atom stereocenters. The van der Waals surface area contributed by atoms with E-state index in [0.29, 0.717) is 36.1 Å². The Labute approximate surface area is 137 Å². The van der Waals surface area contributed by atoms with Crippen LogP contribution in [-0.2, 0) is 4.79 Å². The van der Waals surface area contributed by atoms with Crippen LogP contribution >= 0.6 is 0 Å². The second-order valence-electron chi connectivity index (χ2n) is 5.37. The van der Waals surface area contributed by atoms with Crippen LogP contribution in [0.25, 0.3) is 0 Å². The van der Waals surface area contributed by atoms with Crippen LogP contribution in [0.15, 0.2) is 24.3 Å². The fourth-order valence-electron chi connectivity index (χ4n) is 2.43. The van der Waals surface area contributed by atoms with E-state index in [-0.39, 0.29) is 11.7 Å². The standard InChI is InChI=1S/C15H16N4O5/c1-9-7-14(19(21)22)17-18(9)10(2)15(20)16-11-3-4-12-13(8-11)24-6-5-23-12/h3-4,7-8,10H,5-6H2,1-2H3,(H,16,20). The van der Waals surface area contributed by atoms with E-state index in [9.17, 15) is 14.9 Å². The van der Waals surface area contributed by atoms with Gasteiger partial charge in [0, 0.05) is 11.8 Å². The molecule has 1 unspecified atom stereocenters. The van der Waals surface area contributed by atoms with Crippen molar-refractivity contribution in [3.8, 4) is 11.5 Å². The molecule has 9 heteroatoms. The monoisotopic (exact) mass is 332 g/mol. The SMILES string of the molecule is Cc1cc([N+](=O)[O-])nn1C(C)C(=O)Nc1ccc2c(c1)OCCO2. The summed E-state index contributed by atoms with van der Waals surface area (Å²) in [7, 11) is 0. The van der Waals surface area contributed by atoms with Gasteiger partial charge in [0.05, 0.1) is 16.9 Å². The van der Waals surface area contributed by atoms with Crippen molar-refractivity contribution in [3.63, 3.8) is 0 Å². The Bertz CT molecular complexity index is 801. The Balaban J connectivity index is 1.76. The second kappa shape index (κ2) is 6.19. The zero-order chi connectivity index (χ0) is 17.3. The van der Waals surface area contributed by atoms with Crippen molar-refractivity contribution < 1.29 is 19.2 Å². The number of rotatable bonds is 4. The predicted octanol–water partition coefficient (Wildman–Crippen LogP) is 2.07. The highest BCUT2D eigenvalue weighted by Crippen LogP contribution is 2.32. The Morgan fingerprint density at radius 2 is 2.04 bits per heavy atom. The molecular weight excluding hydrogens is 316 g/mol. The first-order valence-electron chi connectivity index (χ1n) is 7.37. The summed E-state index contributed by atoms with van der Waals surface area (Å²) in [5, 5.41) is 17.4. The van der Waals surface area contributed by atoms with E-state index < -0.39 is 11.0 Å². The first kappa shape index (κ1) is 15.8. The molecule has 0 fully saturated rings. The molecule has 1 aliphatic heterocycles. The predicted molar refractivity (Wildman–Crippen MR) is 84.4 cm³/mol. The van der Waals surface area contributed by atoms with Gasteiger partial charge in [0.15, 0.2) is 11.5 Å². The smallest absolute Gasteiger partial charge is 0.390 e. The van der Waals surface area contributed by atoms with Crippen LogP contribution in [0.5, 0.6) is 11.5 Å². The molecule has 0 spiro atoms. The highest BCUT2D eigenvalue weighted by Gasteiger charge is 2.25. The number of aryl methyl sites for hydroxylation is 1. The maximum atomic E-state index is 12.4. The Hall–Kier alpha value is -3.10. The summed E-state index contributed by atoms with van der Waals surface area (Å²) in [6.45, 7) is 4.23. The molecule has 1 amide bonds. The van der Waals surface area contributed by atoms with E-state index in [0.717, 1.165) is 0 Å². The molecule has 0 aliphatic carbocycles. The number of carbonyl (C=O) groups is 1. The second-order valence-corrected chi connectivity index (χ2v) is 5.37. The fourth-order valence-corrected chi connectivity index (χ4v) is 2.43. The number of carbonyl (C=O) groups excluding carboxylic acids is 1. The number of amides is 1. The van der Waals surface area contributed by atoms with E-state index in [2.05, 4.69) is 10.4 Å². The molecule has 2 heterocycles. The first-order chi connectivity index (χ1) is 11.5. The molecule has 9 nitrogen and oxygen atoms in total. The molecule has 0 saturated carbocycles. The normalized spacial score (nSPS) is 14.1. The van der Waals surface area contributed by atoms with Gasteiger partial charge in [0.1, 0.15) is 19.3 Å². The average Bonchev–Trinajstić information content (AvgIpc) is 2.96. The molecule has 0 bridgehead atoms. The van der Waals surface area contributed by atoms with Crippen LogP contribution < -0.4 is 14.8 Å². The van der Waals surface area contributed by atoms with Gasteiger partial charge in [-0.05, 0) is 30.9 Å². The summed E-state index contributed by atoms with van der Waals surface area (Å²) < 4.78 is 12.2. The first-order valence-corrected chi connectivity index (χ1v) is 7.37. The maximum Gasteiger partial charge on any atom is 0.390 e. The quantitative estimate of drug-likeness (QED) is 0.678. The largest absolute Gasteiger partial charge is 0.486 e. The van der Waals surface area contributed by atoms with Gasteiger partial charge < -0.3 is 24.9 Å². The molecule has 0 saturated heterocycles. The van der Waals surface area contributed by atoms with Crippen LogP contribution in [0, 0.1) is 17.0 Å². The fraction of sp³-hybridized carbons (Fsp3) is 0.333. The van der Waals surface area contributed by atoms with E-state index in [1.165, 1.54) is 10.7 Å². The summed E-state index contributed by atoms with van der Waals surface area (Å²) >= 11 is 0. The molecule has 3 rings (SSSR count). The molecule has 2 aromatic rings. The number of nitrogens with one attached hydrogen (secondary N) is 1. The number of aromatic nitrogens is 2. The zero-order valence-corrected chi connectivity index (χ0v) is 13.2. The van der Waals surface area contributed by atoms with Crippen LogP contribution in [0.4, 0.5) is 11.5 Å². The topological polar surface area (TPSA) is 109 Å². The third kappa shape index (κ3) is 3.00. The summed E-state index contributed by atoms with van der Waals surface area (Å²) in [5.74, 6) is 0.572. The summed E-state index contributed by atoms with van der Waals surface area (Å²) in [6.07, 6.45) is 0. The highest BCUT2D eigenvalue weighted by molar-refractivity contribution is 5.93. The molecule has 1 aromatic carbocycles. The number of anilines is 1. The molecule has 0 radical (unpaired) electrons. The third-order valence-electron chi connectivity index (χ3n) is 3.65. The lowest BCUT2D eigenvalue weighted by Crippen LogP contribution is -2.25. The lowest BCUT2D eigenvalue weighted by atomic mass is 10.2. The molecule has 24 heavy (non-hydrogen) atoms. The van der Waals surface area contributed by atoms with E-state index >= 15 is 0 Å². The third-order valence-corrected chi connectivity index (χ3v) is 3.65. The van der Waals surface area contributed by atoms with Crippen molar-refractivity contribution in [2.75, 3.05) is 18.5 Å². The van der Waals surface area contributed by atoms with Gasteiger partial charge in [0.2, 0.25) is 0 Å². The van der Waals surface area contributed by atoms with Crippen LogP contribution in [0.3, 0.4) is 0 Å². The number of hydrogen-bond donors (Lipinski definition) is 1. The minimum Gasteiger partial charge on any atom is -0.486 e. The van der Waals surface area contributed by atoms with Gasteiger partial charge >= 0.3 is 5.82 Å². The van der Waals surface area contributed by atoms with Gasteiger partial charge in [-0.1, -0.05) is 0 Å². The molecule has 1 N–H and O–H groups in total. The van der Waals surface area contributed by atoms with Gasteiger partial charge in [-0.15, -0.1) is 0 Å². The van der Waals surface area contributed by atoms with E-state index in [4.69, 9.17) is 9.47 Å². The van der Waals surface area contributed by atoms with Crippen molar-refractivity contribution in [1.29, 1.82) is 0 Å². The molecule has 126 valence electrons. The van der Waals surface area contributed by atoms with Crippen LogP contribution in [0.1, 0.15) is 18.7 Å². The lowest BCUT2D eigenvalue weighted by molar-refractivity contribution is -0.389. The van der Waals surface area contributed by atoms with E-state index in [1.54, 1.807) is 32.0 Å². The van der Waals surface area contributed by atoms with Crippen molar-refractivity contribution >= 4 is 17.4 Å². The number of hydrogen-bond acceptors (Lipinski definition) is 6. The van der Waals surface area contributed by atoms with Gasteiger partial charge in [-0.25, -0.2) is 0 Å². The van der Waals surface area contributed by atoms with Crippen molar-refractivity contribution in [3.05, 3.63) is 40.1 Å². The van der Waals surface area contributed by atoms with Gasteiger partial charge in [0.25, 0.3) is 5.91 Å². The molecule has 1 aliphatic rings. The molecule has 1 aromatic heterocycles. The number of benzene rings is 1. The van der Waals surface area contributed by atoms with Crippen molar-refractivity contribution in [1.82, 2.24) is 9.78 Å². The van der Waals surface area contributed by atoms with Crippen LogP contribution in [0.2, 0.25) is 0 Å². The number of nitro groups is 1. The number of nitrogens with zero attached hydrogens (tertiary/aromatic N) is 3. The Morgan fingerprint density at radius 3 is 2.71 bits per heavy atom. The number of ether oxygens (including phenoxy) is 2. The highest BCUT2D eigenvalue weighted by atomic mass is 16.6. The summed E-state index contributed by atoms with van der Waals surface area (Å²) in [5.41, 5.74) is 1.09. The summed E-state index contributed by atoms with van der Waals surface area (Å²) in [4.78, 5) is 22.6. The molecular formula is C15H16N4O5. The van der Waals surface area contributed by atoms with Gasteiger partial charge in [-0.3, -0.25) is 4.79 Å².